The maximum atomic E-state index is 4.53. The molecule has 0 radical (unpaired) electrons. The van der Waals surface area contributed by atoms with Crippen molar-refractivity contribution in [2.45, 2.75) is 46.1 Å². The second-order valence-corrected chi connectivity index (χ2v) is 7.84. The number of likely N-dealkylation sites (N-methyl/N-ethyl adjacent to an activating group) is 1. The van der Waals surface area contributed by atoms with Crippen molar-refractivity contribution in [2.24, 2.45) is 0 Å². The summed E-state index contributed by atoms with van der Waals surface area (Å²) >= 11 is 1.83. The van der Waals surface area contributed by atoms with Gasteiger partial charge in [0.15, 0.2) is 0 Å². The highest BCUT2D eigenvalue weighted by Gasteiger charge is 2.20. The van der Waals surface area contributed by atoms with E-state index in [1.807, 2.05) is 22.2 Å². The van der Waals surface area contributed by atoms with E-state index >= 15 is 0 Å². The van der Waals surface area contributed by atoms with Crippen LogP contribution in [0.2, 0.25) is 0 Å². The molecule has 1 aliphatic rings. The van der Waals surface area contributed by atoms with E-state index in [1.165, 1.54) is 35.1 Å². The van der Waals surface area contributed by atoms with Crippen LogP contribution in [-0.2, 0) is 19.4 Å². The highest BCUT2D eigenvalue weighted by molar-refractivity contribution is 7.19. The highest BCUT2D eigenvalue weighted by atomic mass is 32.1. The van der Waals surface area contributed by atoms with Gasteiger partial charge in [0, 0.05) is 17.6 Å². The third-order valence-electron chi connectivity index (χ3n) is 5.19. The number of nitrogens with one attached hydrogen (secondary N) is 1. The summed E-state index contributed by atoms with van der Waals surface area (Å²) in [5.41, 5.74) is 2.44. The van der Waals surface area contributed by atoms with Gasteiger partial charge in [-0.05, 0) is 44.3 Å². The van der Waals surface area contributed by atoms with Gasteiger partial charge >= 0.3 is 0 Å². The SMILES string of the molecule is CCN(CC)CCn1cc(Nc2ncnc3sc4c(c23)CCCC4)cn1. The second-order valence-electron chi connectivity index (χ2n) is 6.76. The van der Waals surface area contributed by atoms with Gasteiger partial charge in [0.2, 0.25) is 0 Å². The average Bonchev–Trinajstić information content (AvgIpc) is 3.27. The Kier molecular flexibility index (Phi) is 5.17. The Labute approximate surface area is 158 Å². The van der Waals surface area contributed by atoms with Crippen molar-refractivity contribution in [3.05, 3.63) is 29.2 Å². The second kappa shape index (κ2) is 7.72. The Morgan fingerprint density at radius 3 is 2.88 bits per heavy atom. The van der Waals surface area contributed by atoms with Crippen LogP contribution in [0.25, 0.3) is 10.2 Å². The van der Waals surface area contributed by atoms with Crippen LogP contribution in [0, 0.1) is 0 Å². The van der Waals surface area contributed by atoms with Gasteiger partial charge in [-0.3, -0.25) is 4.68 Å². The summed E-state index contributed by atoms with van der Waals surface area (Å²) in [6, 6.07) is 0. The van der Waals surface area contributed by atoms with Gasteiger partial charge in [-0.25, -0.2) is 9.97 Å². The van der Waals surface area contributed by atoms with Crippen molar-refractivity contribution < 1.29 is 0 Å². The molecule has 3 heterocycles. The molecule has 1 aliphatic carbocycles. The molecule has 0 fully saturated rings. The van der Waals surface area contributed by atoms with E-state index < -0.39 is 0 Å². The average molecular weight is 371 g/mol. The third kappa shape index (κ3) is 3.46. The molecule has 0 bridgehead atoms. The van der Waals surface area contributed by atoms with Crippen molar-refractivity contribution in [1.82, 2.24) is 24.6 Å². The monoisotopic (exact) mass is 370 g/mol. The predicted molar refractivity (Wildman–Crippen MR) is 107 cm³/mol. The zero-order chi connectivity index (χ0) is 17.9. The molecule has 3 aromatic heterocycles. The minimum absolute atomic E-state index is 0.899. The van der Waals surface area contributed by atoms with Crippen LogP contribution in [-0.4, -0.2) is 44.3 Å². The fraction of sp³-hybridized carbons (Fsp3) is 0.526. The van der Waals surface area contributed by atoms with Gasteiger partial charge in [-0.15, -0.1) is 11.3 Å². The molecule has 3 aromatic rings. The van der Waals surface area contributed by atoms with Crippen molar-refractivity contribution in [1.29, 1.82) is 0 Å². The van der Waals surface area contributed by atoms with E-state index in [4.69, 9.17) is 0 Å². The van der Waals surface area contributed by atoms with Crippen LogP contribution in [0.4, 0.5) is 11.5 Å². The largest absolute Gasteiger partial charge is 0.337 e. The number of nitrogens with zero attached hydrogens (tertiary/aromatic N) is 5. The molecule has 138 valence electrons. The number of hydrogen-bond acceptors (Lipinski definition) is 6. The van der Waals surface area contributed by atoms with Crippen LogP contribution >= 0.6 is 11.3 Å². The molecule has 6 nitrogen and oxygen atoms in total. The first-order valence-electron chi connectivity index (χ1n) is 9.55. The zero-order valence-corrected chi connectivity index (χ0v) is 16.3. The lowest BCUT2D eigenvalue weighted by Gasteiger charge is -2.17. The van der Waals surface area contributed by atoms with E-state index in [1.54, 1.807) is 6.33 Å². The van der Waals surface area contributed by atoms with Crippen molar-refractivity contribution in [3.8, 4) is 0 Å². The Bertz CT molecular complexity index is 879. The maximum Gasteiger partial charge on any atom is 0.142 e. The summed E-state index contributed by atoms with van der Waals surface area (Å²) in [5.74, 6) is 0.915. The van der Waals surface area contributed by atoms with Gasteiger partial charge < -0.3 is 10.2 Å². The van der Waals surface area contributed by atoms with Crippen LogP contribution < -0.4 is 5.32 Å². The molecule has 1 N–H and O–H groups in total. The zero-order valence-electron chi connectivity index (χ0n) is 15.5. The molecule has 26 heavy (non-hydrogen) atoms. The standard InChI is InChI=1S/C19H26N6S/c1-3-24(4-2)9-10-25-12-14(11-22-25)23-18-17-15-7-5-6-8-16(15)26-19(17)21-13-20-18/h11-13H,3-10H2,1-2H3,(H,20,21,23). The first kappa shape index (κ1) is 17.4. The van der Waals surface area contributed by atoms with Crippen molar-refractivity contribution in [3.63, 3.8) is 0 Å². The van der Waals surface area contributed by atoms with Gasteiger partial charge in [-0.2, -0.15) is 5.10 Å². The highest BCUT2D eigenvalue weighted by Crippen LogP contribution is 2.38. The molecule has 7 heteroatoms. The van der Waals surface area contributed by atoms with Crippen LogP contribution in [0.5, 0.6) is 0 Å². The van der Waals surface area contributed by atoms with Gasteiger partial charge in [0.1, 0.15) is 17.0 Å². The quantitative estimate of drug-likeness (QED) is 0.684. The van der Waals surface area contributed by atoms with Crippen LogP contribution in [0.1, 0.15) is 37.1 Å². The summed E-state index contributed by atoms with van der Waals surface area (Å²) in [6.45, 7) is 8.46. The first-order chi connectivity index (χ1) is 12.8. The molecule has 0 aliphatic heterocycles. The lowest BCUT2D eigenvalue weighted by Crippen LogP contribution is -2.27. The Balaban J connectivity index is 1.54. The maximum absolute atomic E-state index is 4.53. The van der Waals surface area contributed by atoms with Crippen LogP contribution in [0.3, 0.4) is 0 Å². The predicted octanol–water partition coefficient (Wildman–Crippen LogP) is 3.85. The first-order valence-corrected chi connectivity index (χ1v) is 10.4. The molecule has 0 atom stereocenters. The minimum atomic E-state index is 0.899. The molecule has 0 unspecified atom stereocenters. The summed E-state index contributed by atoms with van der Waals surface area (Å²) in [7, 11) is 0. The fourth-order valence-electron chi connectivity index (χ4n) is 3.66. The summed E-state index contributed by atoms with van der Waals surface area (Å²) < 4.78 is 2.00. The number of hydrogen-bond donors (Lipinski definition) is 1. The summed E-state index contributed by atoms with van der Waals surface area (Å²) in [5, 5.41) is 9.18. The number of aryl methyl sites for hydroxylation is 2. The summed E-state index contributed by atoms with van der Waals surface area (Å²) in [6.07, 6.45) is 10.5. The van der Waals surface area contributed by atoms with E-state index in [0.29, 0.717) is 0 Å². The van der Waals surface area contributed by atoms with E-state index in [2.05, 4.69) is 45.3 Å². The molecule has 0 spiro atoms. The molecular weight excluding hydrogens is 344 g/mol. The number of aromatic nitrogens is 4. The molecule has 0 amide bonds. The molecular formula is C19H26N6S. The van der Waals surface area contributed by atoms with Gasteiger partial charge in [-0.1, -0.05) is 13.8 Å². The number of thiophene rings is 1. The molecule has 0 saturated carbocycles. The Morgan fingerprint density at radius 2 is 2.04 bits per heavy atom. The van der Waals surface area contributed by atoms with Crippen molar-refractivity contribution >= 4 is 33.1 Å². The summed E-state index contributed by atoms with van der Waals surface area (Å²) in [4.78, 5) is 14.0. The topological polar surface area (TPSA) is 58.9 Å². The Morgan fingerprint density at radius 1 is 1.19 bits per heavy atom. The number of fused-ring (bicyclic) bond motifs is 3. The van der Waals surface area contributed by atoms with E-state index in [9.17, 15) is 0 Å². The Hall–Kier alpha value is -1.99. The lowest BCUT2D eigenvalue weighted by atomic mass is 9.97. The van der Waals surface area contributed by atoms with E-state index in [0.717, 1.165) is 48.9 Å². The number of rotatable bonds is 7. The minimum Gasteiger partial charge on any atom is -0.337 e. The molecule has 0 saturated heterocycles. The lowest BCUT2D eigenvalue weighted by molar-refractivity contribution is 0.285. The molecule has 0 aromatic carbocycles. The fourth-order valence-corrected chi connectivity index (χ4v) is 4.88. The van der Waals surface area contributed by atoms with E-state index in [-0.39, 0.29) is 0 Å². The smallest absolute Gasteiger partial charge is 0.142 e. The van der Waals surface area contributed by atoms with Crippen LogP contribution in [0.15, 0.2) is 18.7 Å². The van der Waals surface area contributed by atoms with Gasteiger partial charge in [0.05, 0.1) is 23.8 Å². The number of anilines is 2. The normalized spacial score (nSPS) is 14.1. The van der Waals surface area contributed by atoms with Crippen molar-refractivity contribution in [2.75, 3.05) is 25.0 Å². The third-order valence-corrected chi connectivity index (χ3v) is 6.39. The molecule has 4 rings (SSSR count). The van der Waals surface area contributed by atoms with Gasteiger partial charge in [0.25, 0.3) is 0 Å².